The molecule has 1 amide bonds. The number of halogens is 3. The van der Waals surface area contributed by atoms with Gasteiger partial charge in [-0.2, -0.15) is 13.2 Å². The third-order valence-corrected chi connectivity index (χ3v) is 6.80. The number of benzene rings is 3. The van der Waals surface area contributed by atoms with Crippen molar-refractivity contribution in [1.29, 1.82) is 0 Å². The molecule has 1 fully saturated rings. The number of rotatable bonds is 3. The van der Waals surface area contributed by atoms with Crippen molar-refractivity contribution in [3.05, 3.63) is 100 Å². The summed E-state index contributed by atoms with van der Waals surface area (Å²) in [4.78, 5) is 19.7. The van der Waals surface area contributed by atoms with Gasteiger partial charge in [0.2, 0.25) is 0 Å². The number of ether oxygens (including phenoxy) is 1. The molecule has 4 nitrogen and oxygen atoms in total. The molecule has 0 radical (unpaired) electrons. The molecule has 0 atom stereocenters. The van der Waals surface area contributed by atoms with Gasteiger partial charge >= 0.3 is 6.18 Å². The summed E-state index contributed by atoms with van der Waals surface area (Å²) < 4.78 is 44.1. The lowest BCUT2D eigenvalue weighted by molar-refractivity contribution is -0.137. The Morgan fingerprint density at radius 3 is 2.41 bits per heavy atom. The van der Waals surface area contributed by atoms with Crippen LogP contribution in [0.3, 0.4) is 0 Å². The van der Waals surface area contributed by atoms with Gasteiger partial charge < -0.3 is 9.64 Å². The van der Waals surface area contributed by atoms with Crippen molar-refractivity contribution < 1.29 is 22.7 Å². The van der Waals surface area contributed by atoms with Crippen molar-refractivity contribution in [1.82, 2.24) is 9.88 Å². The predicted octanol–water partition coefficient (Wildman–Crippen LogP) is 6.37. The quantitative estimate of drug-likeness (QED) is 0.296. The lowest BCUT2D eigenvalue weighted by Crippen LogP contribution is -2.40. The molecular weight excluding hydrogens is 497 g/mol. The maximum atomic E-state index is 13.1. The van der Waals surface area contributed by atoms with E-state index in [-0.39, 0.29) is 5.91 Å². The lowest BCUT2D eigenvalue weighted by atomic mass is 10.0. The molecule has 0 saturated carbocycles. The van der Waals surface area contributed by atoms with E-state index in [1.54, 1.807) is 11.0 Å². The summed E-state index contributed by atoms with van der Waals surface area (Å²) in [6, 6.07) is 19.8. The molecule has 37 heavy (non-hydrogen) atoms. The first-order valence-electron chi connectivity index (χ1n) is 11.6. The molecule has 5 rings (SSSR count). The molecule has 0 unspecified atom stereocenters. The Morgan fingerprint density at radius 2 is 1.65 bits per heavy atom. The molecule has 4 aromatic rings. The number of hydrogen-bond donors (Lipinski definition) is 0. The third-order valence-electron chi connectivity index (χ3n) is 5.91. The number of carbonyl (C=O) groups excluding carboxylic acids is 1. The van der Waals surface area contributed by atoms with Crippen LogP contribution in [-0.2, 0) is 10.9 Å². The highest BCUT2D eigenvalue weighted by Gasteiger charge is 2.30. The summed E-state index contributed by atoms with van der Waals surface area (Å²) in [5.74, 6) is 5.68. The van der Waals surface area contributed by atoms with E-state index in [4.69, 9.17) is 9.72 Å². The van der Waals surface area contributed by atoms with Gasteiger partial charge in [-0.15, -0.1) is 11.3 Å². The summed E-state index contributed by atoms with van der Waals surface area (Å²) in [7, 11) is 0. The van der Waals surface area contributed by atoms with Gasteiger partial charge in [-0.25, -0.2) is 4.98 Å². The highest BCUT2D eigenvalue weighted by atomic mass is 32.1. The number of amides is 1. The van der Waals surface area contributed by atoms with E-state index >= 15 is 0 Å². The molecule has 3 aromatic carbocycles. The number of carbonyl (C=O) groups is 1. The Balaban J connectivity index is 1.34. The number of thiazole rings is 1. The molecule has 1 aliphatic heterocycles. The Bertz CT molecular complexity index is 1480. The first-order valence-corrected chi connectivity index (χ1v) is 12.5. The number of alkyl halides is 3. The fraction of sp³-hybridized carbons (Fsp3) is 0.172. The van der Waals surface area contributed by atoms with Crippen molar-refractivity contribution in [3.63, 3.8) is 0 Å². The second kappa shape index (κ2) is 10.6. The lowest BCUT2D eigenvalue weighted by Gasteiger charge is -2.27. The highest BCUT2D eigenvalue weighted by Crippen LogP contribution is 2.32. The van der Waals surface area contributed by atoms with E-state index in [0.29, 0.717) is 43.0 Å². The molecule has 1 aromatic heterocycles. The third kappa shape index (κ3) is 5.74. The van der Waals surface area contributed by atoms with Gasteiger partial charge in [0.25, 0.3) is 5.91 Å². The van der Waals surface area contributed by atoms with Crippen LogP contribution in [0.15, 0.2) is 78.2 Å². The number of aromatic nitrogens is 1. The smallest absolute Gasteiger partial charge is 0.378 e. The number of morpholine rings is 1. The summed E-state index contributed by atoms with van der Waals surface area (Å²) in [6.07, 6.45) is -4.40. The second-order valence-corrected chi connectivity index (χ2v) is 9.25. The topological polar surface area (TPSA) is 42.4 Å². The van der Waals surface area contributed by atoms with Crippen LogP contribution < -0.4 is 0 Å². The van der Waals surface area contributed by atoms with Crippen LogP contribution in [0.1, 0.15) is 27.0 Å². The van der Waals surface area contributed by atoms with E-state index in [1.807, 2.05) is 53.9 Å². The zero-order valence-electron chi connectivity index (χ0n) is 19.6. The summed E-state index contributed by atoms with van der Waals surface area (Å²) in [6.45, 7) is 2.21. The van der Waals surface area contributed by atoms with E-state index < -0.39 is 11.7 Å². The van der Waals surface area contributed by atoms with Crippen molar-refractivity contribution >= 4 is 17.2 Å². The summed E-state index contributed by atoms with van der Waals surface area (Å²) in [5, 5.41) is 2.73. The Hall–Kier alpha value is -3.93. The van der Waals surface area contributed by atoms with E-state index in [0.717, 1.165) is 34.0 Å². The van der Waals surface area contributed by atoms with Crippen LogP contribution in [0.5, 0.6) is 0 Å². The van der Waals surface area contributed by atoms with Crippen LogP contribution in [0, 0.1) is 11.8 Å². The SMILES string of the molecule is O=C(c1ccccc1-c1csc(-c2ccc(C#Cc3cccc(C(F)(F)F)c3)cc2)n1)N1CCOCC1. The van der Waals surface area contributed by atoms with Gasteiger partial charge in [0.05, 0.1) is 24.5 Å². The normalized spacial score (nSPS) is 13.6. The number of nitrogens with zero attached hydrogens (tertiary/aromatic N) is 2. The molecule has 1 aliphatic rings. The minimum Gasteiger partial charge on any atom is -0.378 e. The second-order valence-electron chi connectivity index (χ2n) is 8.39. The molecule has 0 bridgehead atoms. The van der Waals surface area contributed by atoms with E-state index in [2.05, 4.69) is 11.8 Å². The Morgan fingerprint density at radius 1 is 0.919 bits per heavy atom. The molecule has 1 saturated heterocycles. The first-order chi connectivity index (χ1) is 17.9. The molecule has 0 N–H and O–H groups in total. The van der Waals surface area contributed by atoms with Crippen molar-refractivity contribution in [3.8, 4) is 33.7 Å². The van der Waals surface area contributed by atoms with Crippen LogP contribution in [0.4, 0.5) is 13.2 Å². The van der Waals surface area contributed by atoms with Crippen molar-refractivity contribution in [2.75, 3.05) is 26.3 Å². The van der Waals surface area contributed by atoms with Gasteiger partial charge in [-0.3, -0.25) is 4.79 Å². The van der Waals surface area contributed by atoms with Gasteiger partial charge in [0, 0.05) is 46.3 Å². The summed E-state index contributed by atoms with van der Waals surface area (Å²) in [5.41, 5.74) is 3.27. The fourth-order valence-electron chi connectivity index (χ4n) is 3.97. The zero-order valence-corrected chi connectivity index (χ0v) is 20.4. The van der Waals surface area contributed by atoms with Crippen LogP contribution in [0.25, 0.3) is 21.8 Å². The molecule has 0 spiro atoms. The van der Waals surface area contributed by atoms with E-state index in [1.165, 1.54) is 17.4 Å². The maximum Gasteiger partial charge on any atom is 0.416 e. The largest absolute Gasteiger partial charge is 0.416 e. The molecule has 8 heteroatoms. The molecule has 2 heterocycles. The van der Waals surface area contributed by atoms with Crippen LogP contribution >= 0.6 is 11.3 Å². The number of hydrogen-bond acceptors (Lipinski definition) is 4. The Labute approximate surface area is 216 Å². The summed E-state index contributed by atoms with van der Waals surface area (Å²) >= 11 is 1.47. The molecule has 186 valence electrons. The average molecular weight is 519 g/mol. The predicted molar refractivity (Wildman–Crippen MR) is 137 cm³/mol. The fourth-order valence-corrected chi connectivity index (χ4v) is 4.80. The first kappa shape index (κ1) is 24.8. The van der Waals surface area contributed by atoms with Crippen molar-refractivity contribution in [2.45, 2.75) is 6.18 Å². The molecular formula is C29H21F3N2O2S. The minimum absolute atomic E-state index is 0.0304. The standard InChI is InChI=1S/C29H21F3N2O2S/c30-29(31,32)23-5-3-4-21(18-23)9-8-20-10-12-22(13-11-20)27-33-26(19-37-27)24-6-1-2-7-25(24)28(35)34-14-16-36-17-15-34/h1-7,10-13,18-19H,14-17H2. The maximum absolute atomic E-state index is 13.1. The van der Waals surface area contributed by atoms with Crippen LogP contribution in [-0.4, -0.2) is 42.1 Å². The van der Waals surface area contributed by atoms with E-state index in [9.17, 15) is 18.0 Å². The highest BCUT2D eigenvalue weighted by molar-refractivity contribution is 7.13. The van der Waals surface area contributed by atoms with Crippen molar-refractivity contribution in [2.24, 2.45) is 0 Å². The van der Waals surface area contributed by atoms with Gasteiger partial charge in [0.15, 0.2) is 0 Å². The zero-order chi connectivity index (χ0) is 25.8. The molecule has 0 aliphatic carbocycles. The Kier molecular flexibility index (Phi) is 7.08. The monoisotopic (exact) mass is 518 g/mol. The minimum atomic E-state index is -4.40. The van der Waals surface area contributed by atoms with Gasteiger partial charge in [-0.1, -0.05) is 48.2 Å². The average Bonchev–Trinajstić information content (AvgIpc) is 3.42. The van der Waals surface area contributed by atoms with Crippen LogP contribution in [0.2, 0.25) is 0 Å². The van der Waals surface area contributed by atoms with Gasteiger partial charge in [0.1, 0.15) is 5.01 Å². The van der Waals surface area contributed by atoms with Gasteiger partial charge in [-0.05, 0) is 36.4 Å².